The number of rotatable bonds is 2. The second kappa shape index (κ2) is 4.06. The Balaban J connectivity index is 2.01. The first kappa shape index (κ1) is 10.1. The van der Waals surface area contributed by atoms with Crippen LogP contribution in [0.25, 0.3) is 17.3 Å². The van der Waals surface area contributed by atoms with Crippen molar-refractivity contribution in [1.82, 2.24) is 35.2 Å². The molecule has 3 heterocycles. The van der Waals surface area contributed by atoms with Crippen LogP contribution in [0.3, 0.4) is 0 Å². The van der Waals surface area contributed by atoms with Gasteiger partial charge in [-0.15, -0.1) is 15.0 Å². The largest absolute Gasteiger partial charge is 0.342 e. The van der Waals surface area contributed by atoms with E-state index in [1.165, 1.54) is 4.80 Å². The van der Waals surface area contributed by atoms with Gasteiger partial charge in [0.05, 0.1) is 6.20 Å². The van der Waals surface area contributed by atoms with Crippen molar-refractivity contribution in [3.05, 3.63) is 35.3 Å². The highest BCUT2D eigenvalue weighted by Gasteiger charge is 2.09. The zero-order valence-corrected chi connectivity index (χ0v) is 10.0. The average Bonchev–Trinajstić information content (AvgIpc) is 3.00. The van der Waals surface area contributed by atoms with Crippen LogP contribution in [-0.2, 0) is 0 Å². The van der Waals surface area contributed by atoms with E-state index in [0.717, 1.165) is 10.2 Å². The predicted octanol–water partition coefficient (Wildman–Crippen LogP) is 1.21. The van der Waals surface area contributed by atoms with Crippen molar-refractivity contribution in [2.45, 2.75) is 0 Å². The molecule has 3 rings (SSSR count). The Hall–Kier alpha value is -2.09. The minimum Gasteiger partial charge on any atom is -0.342 e. The van der Waals surface area contributed by atoms with E-state index in [1.807, 2.05) is 6.07 Å². The van der Waals surface area contributed by atoms with Crippen LogP contribution in [0.2, 0.25) is 0 Å². The van der Waals surface area contributed by atoms with Crippen LogP contribution in [0.4, 0.5) is 0 Å². The van der Waals surface area contributed by atoms with E-state index in [9.17, 15) is 0 Å². The lowest BCUT2D eigenvalue weighted by Gasteiger charge is -1.96. The van der Waals surface area contributed by atoms with Gasteiger partial charge in [0.25, 0.3) is 0 Å². The molecule has 7 nitrogen and oxygen atoms in total. The number of nitrogens with one attached hydrogen (secondary N) is 1. The molecule has 0 amide bonds. The molecular formula is C9H6BrN7. The van der Waals surface area contributed by atoms with Gasteiger partial charge in [-0.25, -0.2) is 4.98 Å². The second-order valence-electron chi connectivity index (χ2n) is 3.20. The Kier molecular flexibility index (Phi) is 2.41. The van der Waals surface area contributed by atoms with Crippen LogP contribution in [0.15, 0.2) is 35.3 Å². The third-order valence-electron chi connectivity index (χ3n) is 2.05. The van der Waals surface area contributed by atoms with Crippen LogP contribution < -0.4 is 0 Å². The molecule has 0 aliphatic heterocycles. The van der Waals surface area contributed by atoms with E-state index in [2.05, 4.69) is 46.3 Å². The number of H-pyrrole nitrogens is 1. The van der Waals surface area contributed by atoms with E-state index >= 15 is 0 Å². The monoisotopic (exact) mass is 291 g/mol. The van der Waals surface area contributed by atoms with Crippen LogP contribution in [0.5, 0.6) is 0 Å². The minimum atomic E-state index is 0.440. The SMILES string of the molecule is Brc1cncc(-n2nnc(-c3ncc[nH]3)n2)c1. The first-order chi connectivity index (χ1) is 8.33. The molecule has 8 heteroatoms. The Bertz CT molecular complexity index is 630. The molecule has 0 aromatic carbocycles. The van der Waals surface area contributed by atoms with Crippen molar-refractivity contribution in [3.63, 3.8) is 0 Å². The summed E-state index contributed by atoms with van der Waals surface area (Å²) in [7, 11) is 0. The van der Waals surface area contributed by atoms with Gasteiger partial charge in [-0.3, -0.25) is 4.98 Å². The molecule has 17 heavy (non-hydrogen) atoms. The molecular weight excluding hydrogens is 286 g/mol. The topological polar surface area (TPSA) is 85.2 Å². The van der Waals surface area contributed by atoms with Crippen LogP contribution in [0.1, 0.15) is 0 Å². The van der Waals surface area contributed by atoms with Gasteiger partial charge in [-0.05, 0) is 27.2 Å². The quantitative estimate of drug-likeness (QED) is 0.767. The van der Waals surface area contributed by atoms with Crippen molar-refractivity contribution in [2.75, 3.05) is 0 Å². The minimum absolute atomic E-state index is 0.440. The number of hydrogen-bond donors (Lipinski definition) is 1. The molecule has 0 bridgehead atoms. The highest BCUT2D eigenvalue weighted by Crippen LogP contribution is 2.13. The Morgan fingerprint density at radius 1 is 1.29 bits per heavy atom. The average molecular weight is 292 g/mol. The lowest BCUT2D eigenvalue weighted by Crippen LogP contribution is -1.99. The van der Waals surface area contributed by atoms with Gasteiger partial charge >= 0.3 is 0 Å². The molecule has 0 saturated heterocycles. The maximum atomic E-state index is 4.20. The van der Waals surface area contributed by atoms with Gasteiger partial charge in [0, 0.05) is 23.1 Å². The molecule has 84 valence electrons. The highest BCUT2D eigenvalue weighted by molar-refractivity contribution is 9.10. The lowest BCUT2D eigenvalue weighted by atomic mass is 10.4. The van der Waals surface area contributed by atoms with E-state index in [4.69, 9.17) is 0 Å². The number of pyridine rings is 1. The summed E-state index contributed by atoms with van der Waals surface area (Å²) in [5.41, 5.74) is 0.727. The van der Waals surface area contributed by atoms with E-state index in [1.54, 1.807) is 24.8 Å². The summed E-state index contributed by atoms with van der Waals surface area (Å²) in [5, 5.41) is 12.1. The molecule has 3 aromatic rings. The summed E-state index contributed by atoms with van der Waals surface area (Å²) < 4.78 is 0.854. The molecule has 0 aliphatic rings. The first-order valence-corrected chi connectivity index (χ1v) is 5.53. The highest BCUT2D eigenvalue weighted by atomic mass is 79.9. The Morgan fingerprint density at radius 2 is 2.24 bits per heavy atom. The summed E-state index contributed by atoms with van der Waals surface area (Å²) in [6.07, 6.45) is 6.68. The van der Waals surface area contributed by atoms with Gasteiger partial charge < -0.3 is 4.98 Å². The lowest BCUT2D eigenvalue weighted by molar-refractivity contribution is 0.716. The molecule has 0 spiro atoms. The van der Waals surface area contributed by atoms with E-state index in [-0.39, 0.29) is 0 Å². The fourth-order valence-corrected chi connectivity index (χ4v) is 1.67. The molecule has 1 N–H and O–H groups in total. The molecule has 0 unspecified atom stereocenters. The number of aromatic amines is 1. The maximum absolute atomic E-state index is 4.20. The van der Waals surface area contributed by atoms with Crippen molar-refractivity contribution >= 4 is 15.9 Å². The normalized spacial score (nSPS) is 10.6. The summed E-state index contributed by atoms with van der Waals surface area (Å²) in [4.78, 5) is 12.4. The molecule has 0 fully saturated rings. The number of tetrazole rings is 1. The predicted molar refractivity (Wildman–Crippen MR) is 62.2 cm³/mol. The molecule has 0 atom stereocenters. The second-order valence-corrected chi connectivity index (χ2v) is 4.12. The van der Waals surface area contributed by atoms with E-state index < -0.39 is 0 Å². The summed E-state index contributed by atoms with van der Waals surface area (Å²) >= 11 is 3.33. The Labute approximate surface area is 104 Å². The number of imidazole rings is 1. The number of aromatic nitrogens is 7. The van der Waals surface area contributed by atoms with Gasteiger partial charge in [0.2, 0.25) is 5.82 Å². The fraction of sp³-hybridized carbons (Fsp3) is 0. The smallest absolute Gasteiger partial charge is 0.240 e. The number of hydrogen-bond acceptors (Lipinski definition) is 5. The first-order valence-electron chi connectivity index (χ1n) is 4.73. The van der Waals surface area contributed by atoms with Gasteiger partial charge in [0.15, 0.2) is 5.82 Å². The van der Waals surface area contributed by atoms with Gasteiger partial charge in [-0.2, -0.15) is 0 Å². The zero-order chi connectivity index (χ0) is 11.7. The maximum Gasteiger partial charge on any atom is 0.240 e. The number of nitrogens with zero attached hydrogens (tertiary/aromatic N) is 6. The fourth-order valence-electron chi connectivity index (χ4n) is 1.32. The summed E-state index contributed by atoms with van der Waals surface area (Å²) in [5.74, 6) is 1.02. The molecule has 0 aliphatic carbocycles. The van der Waals surface area contributed by atoms with Crippen LogP contribution in [-0.4, -0.2) is 35.2 Å². The number of halogens is 1. The molecule has 3 aromatic heterocycles. The molecule has 0 radical (unpaired) electrons. The zero-order valence-electron chi connectivity index (χ0n) is 8.45. The van der Waals surface area contributed by atoms with Crippen molar-refractivity contribution in [2.24, 2.45) is 0 Å². The molecule has 0 saturated carbocycles. The van der Waals surface area contributed by atoms with Crippen LogP contribution in [0, 0.1) is 0 Å². The standard InChI is InChI=1S/C9H6BrN7/c10-6-3-7(5-11-4-6)17-15-9(14-16-17)8-12-1-2-13-8/h1-5H,(H,12,13). The van der Waals surface area contributed by atoms with Gasteiger partial charge in [0.1, 0.15) is 5.69 Å². The third-order valence-corrected chi connectivity index (χ3v) is 2.48. The summed E-state index contributed by atoms with van der Waals surface area (Å²) in [6.45, 7) is 0. The Morgan fingerprint density at radius 3 is 3.00 bits per heavy atom. The van der Waals surface area contributed by atoms with Crippen molar-refractivity contribution < 1.29 is 0 Å². The third kappa shape index (κ3) is 1.94. The van der Waals surface area contributed by atoms with Crippen LogP contribution >= 0.6 is 15.9 Å². The summed E-state index contributed by atoms with van der Waals surface area (Å²) in [6, 6.07) is 1.85. The van der Waals surface area contributed by atoms with E-state index in [0.29, 0.717) is 11.6 Å². The van der Waals surface area contributed by atoms with Crippen molar-refractivity contribution in [3.8, 4) is 17.3 Å². The van der Waals surface area contributed by atoms with Crippen molar-refractivity contribution in [1.29, 1.82) is 0 Å². The van der Waals surface area contributed by atoms with Gasteiger partial charge in [-0.1, -0.05) is 0 Å².